The predicted molar refractivity (Wildman–Crippen MR) is 131 cm³/mol. The van der Waals surface area contributed by atoms with Crippen molar-refractivity contribution < 1.29 is 22.4 Å². The Morgan fingerprint density at radius 3 is 2.63 bits per heavy atom. The lowest BCUT2D eigenvalue weighted by atomic mass is 10.1. The maximum atomic E-state index is 13.2. The molecule has 0 aliphatic carbocycles. The first-order chi connectivity index (χ1) is 16.9. The highest BCUT2D eigenvalue weighted by molar-refractivity contribution is 7.91. The summed E-state index contributed by atoms with van der Waals surface area (Å²) >= 11 is 0. The van der Waals surface area contributed by atoms with E-state index in [1.165, 1.54) is 0 Å². The molecule has 9 nitrogen and oxygen atoms in total. The molecule has 1 amide bonds. The van der Waals surface area contributed by atoms with E-state index in [0.717, 1.165) is 37.3 Å². The Hall–Kier alpha value is -3.11. The van der Waals surface area contributed by atoms with E-state index >= 15 is 0 Å². The van der Waals surface area contributed by atoms with E-state index in [1.807, 2.05) is 36.4 Å². The summed E-state index contributed by atoms with van der Waals surface area (Å²) < 4.78 is 36.9. The van der Waals surface area contributed by atoms with E-state index in [-0.39, 0.29) is 35.2 Å². The first-order valence-corrected chi connectivity index (χ1v) is 13.8. The highest BCUT2D eigenvalue weighted by Crippen LogP contribution is 2.31. The molecule has 0 radical (unpaired) electrons. The number of amides is 1. The average Bonchev–Trinajstić information content (AvgIpc) is 3.66. The minimum absolute atomic E-state index is 0.0222. The van der Waals surface area contributed by atoms with Gasteiger partial charge in [-0.2, -0.15) is 5.10 Å². The van der Waals surface area contributed by atoms with Crippen molar-refractivity contribution in [3.8, 4) is 17.0 Å². The highest BCUT2D eigenvalue weighted by Gasteiger charge is 2.32. The third kappa shape index (κ3) is 5.13. The number of ether oxygens (including phenoxy) is 1. The maximum Gasteiger partial charge on any atom is 0.271 e. The van der Waals surface area contributed by atoms with Crippen molar-refractivity contribution in [2.45, 2.75) is 31.3 Å². The molecule has 0 spiro atoms. The highest BCUT2D eigenvalue weighted by atomic mass is 32.2. The quantitative estimate of drug-likeness (QED) is 0.509. The van der Waals surface area contributed by atoms with Crippen molar-refractivity contribution in [2.24, 2.45) is 0 Å². The minimum Gasteiger partial charge on any atom is -0.497 e. The van der Waals surface area contributed by atoms with Crippen molar-refractivity contribution in [1.82, 2.24) is 20.0 Å². The summed E-state index contributed by atoms with van der Waals surface area (Å²) in [4.78, 5) is 15.5. The van der Waals surface area contributed by atoms with Crippen LogP contribution in [0.2, 0.25) is 0 Å². The van der Waals surface area contributed by atoms with E-state index in [1.54, 1.807) is 24.1 Å². The second-order valence-corrected chi connectivity index (χ2v) is 11.4. The van der Waals surface area contributed by atoms with Gasteiger partial charge in [0.05, 0.1) is 42.7 Å². The van der Waals surface area contributed by atoms with Crippen molar-refractivity contribution in [3.63, 3.8) is 0 Å². The summed E-state index contributed by atoms with van der Waals surface area (Å²) in [6, 6.07) is 12.6. The zero-order chi connectivity index (χ0) is 24.4. The zero-order valence-corrected chi connectivity index (χ0v) is 20.5. The molecule has 2 aliphatic heterocycles. The Balaban J connectivity index is 1.40. The smallest absolute Gasteiger partial charge is 0.271 e. The predicted octanol–water partition coefficient (Wildman–Crippen LogP) is 3.08. The van der Waals surface area contributed by atoms with E-state index in [2.05, 4.69) is 15.3 Å². The van der Waals surface area contributed by atoms with Crippen LogP contribution < -0.4 is 10.1 Å². The Morgan fingerprint density at radius 2 is 2.00 bits per heavy atom. The molecule has 35 heavy (non-hydrogen) atoms. The van der Waals surface area contributed by atoms with Crippen LogP contribution in [0.1, 0.15) is 47.6 Å². The number of aromatic nitrogens is 2. The number of hydrogen-bond donors (Lipinski definition) is 1. The van der Waals surface area contributed by atoms with Gasteiger partial charge in [0.2, 0.25) is 0 Å². The Morgan fingerprint density at radius 1 is 1.23 bits per heavy atom. The fourth-order valence-electron chi connectivity index (χ4n) is 4.95. The Labute approximate surface area is 205 Å². The first kappa shape index (κ1) is 23.6. The van der Waals surface area contributed by atoms with Crippen LogP contribution in [0.5, 0.6) is 5.75 Å². The molecule has 2 aromatic heterocycles. The van der Waals surface area contributed by atoms with Crippen molar-refractivity contribution in [1.29, 1.82) is 0 Å². The molecule has 5 rings (SSSR count). The molecule has 10 heteroatoms. The van der Waals surface area contributed by atoms with Crippen molar-refractivity contribution >= 4 is 15.7 Å². The number of carbonyl (C=O) groups excluding carboxylic acids is 1. The van der Waals surface area contributed by atoms with E-state index in [9.17, 15) is 13.2 Å². The number of nitrogens with one attached hydrogen (secondary N) is 1. The molecule has 2 aliphatic rings. The monoisotopic (exact) mass is 498 g/mol. The second-order valence-electron chi connectivity index (χ2n) is 9.13. The van der Waals surface area contributed by atoms with Gasteiger partial charge in [-0.15, -0.1) is 0 Å². The average molecular weight is 499 g/mol. The maximum absolute atomic E-state index is 13.2. The van der Waals surface area contributed by atoms with Gasteiger partial charge in [0.1, 0.15) is 11.5 Å². The number of nitrogens with zero attached hydrogens (tertiary/aromatic N) is 3. The Kier molecular flexibility index (Phi) is 6.66. The van der Waals surface area contributed by atoms with Gasteiger partial charge in [-0.25, -0.2) is 8.42 Å². The lowest BCUT2D eigenvalue weighted by molar-refractivity contribution is 0.0927. The number of likely N-dealkylation sites (tertiary alicyclic amines) is 1. The Bertz CT molecular complexity index is 1260. The standard InChI is InChI=1S/C25H30N4O5S/c1-33-20-8-6-18(7-9-20)22-15-21(27-29(22)19-10-14-35(31,32)17-19)25(30)26-16-23(24-5-4-13-34-24)28-11-2-3-12-28/h4-9,13,15,19,23H,2-3,10-12,14,16-17H2,1H3,(H,26,30)/t19-,23+/m1/s1. The molecule has 2 saturated heterocycles. The first-order valence-electron chi connectivity index (χ1n) is 11.9. The van der Waals surface area contributed by atoms with Crippen LogP contribution in [-0.2, 0) is 9.84 Å². The number of carbonyl (C=O) groups is 1. The SMILES string of the molecule is COc1ccc(-c2cc(C(=O)NC[C@@H](c3ccco3)N3CCCC3)nn2[C@@H]2CCS(=O)(=O)C2)cc1. The van der Waals surface area contributed by atoms with Gasteiger partial charge in [0, 0.05) is 12.1 Å². The number of hydrogen-bond acceptors (Lipinski definition) is 7. The fourth-order valence-corrected chi connectivity index (χ4v) is 6.65. The molecule has 0 saturated carbocycles. The summed E-state index contributed by atoms with van der Waals surface area (Å²) in [5, 5.41) is 7.61. The largest absolute Gasteiger partial charge is 0.497 e. The number of rotatable bonds is 8. The number of sulfone groups is 1. The van der Waals surface area contributed by atoms with Crippen molar-refractivity contribution in [3.05, 3.63) is 60.2 Å². The van der Waals surface area contributed by atoms with Gasteiger partial charge in [0.15, 0.2) is 15.5 Å². The van der Waals surface area contributed by atoms with Crippen LogP contribution in [0, 0.1) is 0 Å². The number of benzene rings is 1. The second kappa shape index (κ2) is 9.87. The molecule has 1 N–H and O–H groups in total. The molecule has 3 aromatic rings. The zero-order valence-electron chi connectivity index (χ0n) is 19.7. The molecule has 4 heterocycles. The van der Waals surface area contributed by atoms with Crippen LogP contribution in [0.3, 0.4) is 0 Å². The molecule has 2 fully saturated rings. The molecule has 186 valence electrons. The van der Waals surface area contributed by atoms with Crippen molar-refractivity contribution in [2.75, 3.05) is 38.2 Å². The summed E-state index contributed by atoms with van der Waals surface area (Å²) in [5.41, 5.74) is 1.81. The van der Waals surface area contributed by atoms with Gasteiger partial charge in [-0.1, -0.05) is 0 Å². The summed E-state index contributed by atoms with van der Waals surface area (Å²) in [6.07, 6.45) is 4.39. The summed E-state index contributed by atoms with van der Waals surface area (Å²) in [7, 11) is -1.52. The summed E-state index contributed by atoms with van der Waals surface area (Å²) in [6.45, 7) is 2.33. The van der Waals surface area contributed by atoms with Crippen LogP contribution in [-0.4, -0.2) is 67.3 Å². The van der Waals surface area contributed by atoms with Crippen LogP contribution in [0.15, 0.2) is 53.1 Å². The minimum atomic E-state index is -3.12. The molecule has 2 atom stereocenters. The van der Waals surface area contributed by atoms with Crippen LogP contribution in [0.25, 0.3) is 11.3 Å². The molecular formula is C25H30N4O5S. The molecule has 0 unspecified atom stereocenters. The van der Waals surface area contributed by atoms with Gasteiger partial charge >= 0.3 is 0 Å². The van der Waals surface area contributed by atoms with Gasteiger partial charge in [0.25, 0.3) is 5.91 Å². The van der Waals surface area contributed by atoms with E-state index in [0.29, 0.717) is 24.4 Å². The topological polar surface area (TPSA) is 107 Å². The lowest BCUT2D eigenvalue weighted by Gasteiger charge is -2.25. The van der Waals surface area contributed by atoms with E-state index in [4.69, 9.17) is 9.15 Å². The van der Waals surface area contributed by atoms with Gasteiger partial charge in [-0.3, -0.25) is 14.4 Å². The lowest BCUT2D eigenvalue weighted by Crippen LogP contribution is -2.36. The van der Waals surface area contributed by atoms with Crippen LogP contribution >= 0.6 is 0 Å². The van der Waals surface area contributed by atoms with Crippen LogP contribution in [0.4, 0.5) is 0 Å². The molecule has 1 aromatic carbocycles. The third-order valence-corrected chi connectivity index (χ3v) is 8.57. The number of methoxy groups -OCH3 is 1. The summed E-state index contributed by atoms with van der Waals surface area (Å²) in [5.74, 6) is 1.39. The normalized spacial score (nSPS) is 20.7. The molecular weight excluding hydrogens is 468 g/mol. The van der Waals surface area contributed by atoms with E-state index < -0.39 is 9.84 Å². The fraction of sp³-hybridized carbons (Fsp3) is 0.440. The van der Waals surface area contributed by atoms with Gasteiger partial charge < -0.3 is 14.5 Å². The molecule has 0 bridgehead atoms. The third-order valence-electron chi connectivity index (χ3n) is 6.82. The number of furan rings is 1. The van der Waals surface area contributed by atoms with Gasteiger partial charge in [-0.05, 0) is 74.8 Å².